The zero-order chi connectivity index (χ0) is 22.4. The smallest absolute Gasteiger partial charge is 0.324 e. The van der Waals surface area contributed by atoms with Gasteiger partial charge < -0.3 is 10.2 Å². The van der Waals surface area contributed by atoms with Crippen LogP contribution in [0.5, 0.6) is 0 Å². The Balaban J connectivity index is 1.61. The van der Waals surface area contributed by atoms with Gasteiger partial charge in [-0.3, -0.25) is 4.79 Å². The SMILES string of the molecule is CC12CCC(C(=O)Nc3ccccc3Cl)(CC1=NOC(=O)c1ccccc1Cl)C2(C)C. The van der Waals surface area contributed by atoms with Crippen molar-refractivity contribution in [1.82, 2.24) is 0 Å². The van der Waals surface area contributed by atoms with Crippen LogP contribution in [0.3, 0.4) is 0 Å². The number of nitrogens with zero attached hydrogens (tertiary/aromatic N) is 1. The molecule has 4 rings (SSSR count). The topological polar surface area (TPSA) is 67.8 Å². The third kappa shape index (κ3) is 3.26. The minimum absolute atomic E-state index is 0.0862. The summed E-state index contributed by atoms with van der Waals surface area (Å²) in [6.45, 7) is 6.27. The van der Waals surface area contributed by atoms with Crippen molar-refractivity contribution < 1.29 is 14.4 Å². The molecule has 5 nitrogen and oxygen atoms in total. The number of oxime groups is 1. The standard InChI is InChI=1S/C24H24Cl2N2O3/c1-22(2)23(3)12-13-24(22,21(30)27-18-11-7-6-10-17(18)26)14-19(23)28-31-20(29)15-8-4-5-9-16(15)25/h4-11H,12-14H2,1-3H3,(H,27,30). The fraction of sp³-hybridized carbons (Fsp3) is 0.375. The van der Waals surface area contributed by atoms with Gasteiger partial charge in [0.15, 0.2) is 0 Å². The zero-order valence-corrected chi connectivity index (χ0v) is 19.2. The first kappa shape index (κ1) is 21.8. The quantitative estimate of drug-likeness (QED) is 0.427. The van der Waals surface area contributed by atoms with E-state index in [2.05, 4.69) is 31.2 Å². The maximum atomic E-state index is 13.5. The van der Waals surface area contributed by atoms with Crippen molar-refractivity contribution in [3.05, 3.63) is 64.1 Å². The summed E-state index contributed by atoms with van der Waals surface area (Å²) >= 11 is 12.3. The second kappa shape index (κ2) is 7.64. The van der Waals surface area contributed by atoms with Gasteiger partial charge in [-0.2, -0.15) is 0 Å². The summed E-state index contributed by atoms with van der Waals surface area (Å²) in [7, 11) is 0. The van der Waals surface area contributed by atoms with Crippen LogP contribution in [0.4, 0.5) is 5.69 Å². The Morgan fingerprint density at radius 3 is 2.29 bits per heavy atom. The first-order chi connectivity index (χ1) is 14.6. The zero-order valence-electron chi connectivity index (χ0n) is 17.7. The highest BCUT2D eigenvalue weighted by molar-refractivity contribution is 6.34. The first-order valence-corrected chi connectivity index (χ1v) is 11.0. The number of amides is 1. The molecule has 0 aromatic heterocycles. The molecule has 0 aliphatic heterocycles. The van der Waals surface area contributed by atoms with Crippen molar-refractivity contribution >= 4 is 46.5 Å². The minimum atomic E-state index is -0.670. The number of halogens is 2. The molecule has 2 aliphatic carbocycles. The number of carbonyl (C=O) groups is 2. The van der Waals surface area contributed by atoms with Gasteiger partial charge in [-0.25, -0.2) is 4.79 Å². The summed E-state index contributed by atoms with van der Waals surface area (Å²) in [6.07, 6.45) is 1.92. The molecule has 2 unspecified atom stereocenters. The van der Waals surface area contributed by atoms with E-state index in [1.165, 1.54) is 0 Å². The van der Waals surface area contributed by atoms with Gasteiger partial charge in [-0.1, -0.05) is 73.4 Å². The highest BCUT2D eigenvalue weighted by atomic mass is 35.5. The van der Waals surface area contributed by atoms with Crippen LogP contribution in [-0.4, -0.2) is 17.6 Å². The predicted octanol–water partition coefficient (Wildman–Crippen LogP) is 6.36. The second-order valence-electron chi connectivity index (χ2n) is 9.05. The van der Waals surface area contributed by atoms with Crippen LogP contribution >= 0.6 is 23.2 Å². The highest BCUT2D eigenvalue weighted by Crippen LogP contribution is 2.71. The minimum Gasteiger partial charge on any atom is -0.324 e. The number of fused-ring (bicyclic) bond motifs is 2. The Morgan fingerprint density at radius 2 is 1.61 bits per heavy atom. The molecule has 0 spiro atoms. The summed E-state index contributed by atoms with van der Waals surface area (Å²) < 4.78 is 0. The molecule has 2 saturated carbocycles. The van der Waals surface area contributed by atoms with Crippen molar-refractivity contribution in [2.24, 2.45) is 21.4 Å². The summed E-state index contributed by atoms with van der Waals surface area (Å²) in [4.78, 5) is 31.3. The molecular weight excluding hydrogens is 435 g/mol. The molecule has 0 radical (unpaired) electrons. The van der Waals surface area contributed by atoms with Crippen molar-refractivity contribution in [3.63, 3.8) is 0 Å². The van der Waals surface area contributed by atoms with Gasteiger partial charge in [0, 0.05) is 11.8 Å². The largest absolute Gasteiger partial charge is 0.367 e. The summed E-state index contributed by atoms with van der Waals surface area (Å²) in [5.41, 5.74) is 0.137. The number of carbonyl (C=O) groups excluding carboxylic acids is 2. The number of hydrogen-bond donors (Lipinski definition) is 1. The van der Waals surface area contributed by atoms with Gasteiger partial charge in [0.05, 0.1) is 32.4 Å². The third-order valence-electron chi connectivity index (χ3n) is 7.62. The van der Waals surface area contributed by atoms with Gasteiger partial charge in [0.1, 0.15) is 0 Å². The van der Waals surface area contributed by atoms with Gasteiger partial charge in [0.2, 0.25) is 5.91 Å². The molecule has 2 aromatic rings. The van der Waals surface area contributed by atoms with Gasteiger partial charge in [0.25, 0.3) is 0 Å². The molecule has 2 bridgehead atoms. The predicted molar refractivity (Wildman–Crippen MR) is 123 cm³/mol. The maximum absolute atomic E-state index is 13.5. The fourth-order valence-electron chi connectivity index (χ4n) is 5.10. The van der Waals surface area contributed by atoms with Crippen LogP contribution in [0.1, 0.15) is 50.4 Å². The average Bonchev–Trinajstić information content (AvgIpc) is 3.04. The molecule has 1 amide bonds. The van der Waals surface area contributed by atoms with E-state index in [0.29, 0.717) is 22.2 Å². The Morgan fingerprint density at radius 1 is 0.968 bits per heavy atom. The number of rotatable bonds is 4. The van der Waals surface area contributed by atoms with Crippen LogP contribution in [0.2, 0.25) is 10.0 Å². The molecule has 2 aromatic carbocycles. The van der Waals surface area contributed by atoms with Crippen LogP contribution in [-0.2, 0) is 9.63 Å². The fourth-order valence-corrected chi connectivity index (χ4v) is 5.50. The number of anilines is 1. The van der Waals surface area contributed by atoms with E-state index in [1.54, 1.807) is 36.4 Å². The normalized spacial score (nSPS) is 27.3. The highest BCUT2D eigenvalue weighted by Gasteiger charge is 2.71. The van der Waals surface area contributed by atoms with Crippen molar-refractivity contribution in [3.8, 4) is 0 Å². The van der Waals surface area contributed by atoms with Crippen LogP contribution in [0.15, 0.2) is 53.7 Å². The molecule has 0 heterocycles. The van der Waals surface area contributed by atoms with E-state index in [9.17, 15) is 9.59 Å². The van der Waals surface area contributed by atoms with E-state index in [4.69, 9.17) is 28.0 Å². The van der Waals surface area contributed by atoms with Crippen LogP contribution in [0.25, 0.3) is 0 Å². The maximum Gasteiger partial charge on any atom is 0.367 e. The lowest BCUT2D eigenvalue weighted by atomic mass is 9.64. The number of benzene rings is 2. The van der Waals surface area contributed by atoms with Crippen molar-refractivity contribution in [2.45, 2.75) is 40.0 Å². The van der Waals surface area contributed by atoms with Crippen LogP contribution in [0, 0.1) is 16.2 Å². The molecule has 31 heavy (non-hydrogen) atoms. The number of nitrogens with one attached hydrogen (secondary N) is 1. The monoisotopic (exact) mass is 458 g/mol. The lowest BCUT2D eigenvalue weighted by molar-refractivity contribution is -0.130. The molecule has 7 heteroatoms. The summed E-state index contributed by atoms with van der Waals surface area (Å²) in [6, 6.07) is 13.9. The molecule has 0 saturated heterocycles. The summed E-state index contributed by atoms with van der Waals surface area (Å²) in [5, 5.41) is 8.06. The van der Waals surface area contributed by atoms with Gasteiger partial charge in [-0.05, 0) is 42.5 Å². The van der Waals surface area contributed by atoms with Crippen molar-refractivity contribution in [2.75, 3.05) is 5.32 Å². The lowest BCUT2D eigenvalue weighted by Crippen LogP contribution is -2.43. The average molecular weight is 459 g/mol. The Hall–Kier alpha value is -2.37. The Bertz CT molecular complexity index is 1100. The van der Waals surface area contributed by atoms with Crippen molar-refractivity contribution in [1.29, 1.82) is 0 Å². The molecule has 2 fully saturated rings. The van der Waals surface area contributed by atoms with E-state index in [1.807, 2.05) is 12.1 Å². The van der Waals surface area contributed by atoms with Gasteiger partial charge in [-0.15, -0.1) is 0 Å². The molecule has 2 atom stereocenters. The Labute approximate surface area is 191 Å². The summed E-state index contributed by atoms with van der Waals surface area (Å²) in [5.74, 6) is -0.700. The molecule has 1 N–H and O–H groups in total. The second-order valence-corrected chi connectivity index (χ2v) is 9.86. The first-order valence-electron chi connectivity index (χ1n) is 10.2. The van der Waals surface area contributed by atoms with E-state index < -0.39 is 11.4 Å². The van der Waals surface area contributed by atoms with E-state index in [0.717, 1.165) is 18.6 Å². The number of hydrogen-bond acceptors (Lipinski definition) is 4. The van der Waals surface area contributed by atoms with Crippen LogP contribution < -0.4 is 5.32 Å². The molecular formula is C24H24Cl2N2O3. The van der Waals surface area contributed by atoms with E-state index in [-0.39, 0.29) is 22.3 Å². The van der Waals surface area contributed by atoms with Gasteiger partial charge >= 0.3 is 5.97 Å². The molecule has 162 valence electrons. The molecule has 2 aliphatic rings. The van der Waals surface area contributed by atoms with E-state index >= 15 is 0 Å². The third-order valence-corrected chi connectivity index (χ3v) is 8.28. The number of para-hydroxylation sites is 1. The Kier molecular flexibility index (Phi) is 5.39. The lowest BCUT2D eigenvalue weighted by Gasteiger charge is -2.39.